The van der Waals surface area contributed by atoms with E-state index in [1.165, 1.54) is 0 Å². The highest BCUT2D eigenvalue weighted by Crippen LogP contribution is 2.45. The van der Waals surface area contributed by atoms with Crippen LogP contribution in [0.25, 0.3) is 10.4 Å². The molecule has 0 radical (unpaired) electrons. The van der Waals surface area contributed by atoms with Crippen LogP contribution in [0.4, 0.5) is 0 Å². The molecule has 0 unspecified atom stereocenters. The molecular weight excluding hydrogens is 448 g/mol. The van der Waals surface area contributed by atoms with Gasteiger partial charge in [-0.05, 0) is 51.3 Å². The van der Waals surface area contributed by atoms with E-state index in [9.17, 15) is 14.7 Å². The zero-order valence-electron chi connectivity index (χ0n) is 14.4. The maximum absolute atomic E-state index is 11.5. The first-order valence-corrected chi connectivity index (χ1v) is 9.74. The number of rotatable bonds is 8. The SMILES string of the molecule is O=C(O)COc1c(C(=O)O)sc(-c2ccc(OCc3ccccc3)cc2)c1Br. The molecule has 8 heteroatoms. The first-order valence-electron chi connectivity index (χ1n) is 8.13. The molecule has 2 aromatic carbocycles. The molecular formula is C20H15BrO6S. The number of ether oxygens (including phenoxy) is 2. The van der Waals surface area contributed by atoms with Gasteiger partial charge in [-0.25, -0.2) is 9.59 Å². The van der Waals surface area contributed by atoms with Crippen LogP contribution in [0, 0.1) is 0 Å². The van der Waals surface area contributed by atoms with E-state index in [1.54, 1.807) is 12.1 Å². The number of carboxylic acids is 2. The lowest BCUT2D eigenvalue weighted by Crippen LogP contribution is -2.11. The van der Waals surface area contributed by atoms with Crippen molar-refractivity contribution in [1.29, 1.82) is 0 Å². The number of hydrogen-bond donors (Lipinski definition) is 2. The molecule has 0 saturated heterocycles. The Labute approximate surface area is 173 Å². The Bertz CT molecular complexity index is 982. The van der Waals surface area contributed by atoms with Crippen LogP contribution in [0.3, 0.4) is 0 Å². The monoisotopic (exact) mass is 462 g/mol. The highest BCUT2D eigenvalue weighted by atomic mass is 79.9. The van der Waals surface area contributed by atoms with Gasteiger partial charge in [-0.2, -0.15) is 0 Å². The largest absolute Gasteiger partial charge is 0.489 e. The number of hydrogen-bond acceptors (Lipinski definition) is 5. The van der Waals surface area contributed by atoms with Crippen molar-refractivity contribution < 1.29 is 29.3 Å². The fourth-order valence-corrected chi connectivity index (χ4v) is 4.33. The summed E-state index contributed by atoms with van der Waals surface area (Å²) in [6, 6.07) is 17.0. The Kier molecular flexibility index (Phi) is 6.33. The summed E-state index contributed by atoms with van der Waals surface area (Å²) < 4.78 is 11.3. The van der Waals surface area contributed by atoms with Crippen LogP contribution < -0.4 is 9.47 Å². The van der Waals surface area contributed by atoms with Gasteiger partial charge in [0.15, 0.2) is 17.2 Å². The van der Waals surface area contributed by atoms with Gasteiger partial charge in [0, 0.05) is 0 Å². The first kappa shape index (κ1) is 19.9. The lowest BCUT2D eigenvalue weighted by Gasteiger charge is -2.07. The highest BCUT2D eigenvalue weighted by Gasteiger charge is 2.24. The van der Waals surface area contributed by atoms with Crippen molar-refractivity contribution in [2.24, 2.45) is 0 Å². The molecule has 0 bridgehead atoms. The first-order chi connectivity index (χ1) is 13.5. The van der Waals surface area contributed by atoms with Gasteiger partial charge in [-0.15, -0.1) is 11.3 Å². The molecule has 0 fully saturated rings. The maximum atomic E-state index is 11.5. The summed E-state index contributed by atoms with van der Waals surface area (Å²) in [6.45, 7) is -0.180. The van der Waals surface area contributed by atoms with E-state index in [0.29, 0.717) is 21.7 Å². The number of thiophene rings is 1. The van der Waals surface area contributed by atoms with Gasteiger partial charge in [0.2, 0.25) is 0 Å². The van der Waals surface area contributed by atoms with Gasteiger partial charge in [-0.3, -0.25) is 0 Å². The van der Waals surface area contributed by atoms with Crippen molar-refractivity contribution in [2.75, 3.05) is 6.61 Å². The summed E-state index contributed by atoms with van der Waals surface area (Å²) >= 11 is 4.34. The van der Waals surface area contributed by atoms with E-state index < -0.39 is 18.5 Å². The average molecular weight is 463 g/mol. The lowest BCUT2D eigenvalue weighted by molar-refractivity contribution is -0.139. The number of aromatic carboxylic acids is 1. The summed E-state index contributed by atoms with van der Waals surface area (Å²) in [5.41, 5.74) is 1.82. The number of carbonyl (C=O) groups is 2. The predicted octanol–water partition coefficient (Wildman–Crippen LogP) is 4.92. The molecule has 0 aliphatic heterocycles. The number of benzene rings is 2. The van der Waals surface area contributed by atoms with Gasteiger partial charge in [0.25, 0.3) is 0 Å². The summed E-state index contributed by atoms with van der Waals surface area (Å²) in [6.07, 6.45) is 0. The third kappa shape index (κ3) is 4.71. The van der Waals surface area contributed by atoms with Crippen LogP contribution in [0.15, 0.2) is 59.1 Å². The number of aliphatic carboxylic acids is 1. The molecule has 0 spiro atoms. The Morgan fingerprint density at radius 2 is 1.64 bits per heavy atom. The Morgan fingerprint density at radius 1 is 0.964 bits per heavy atom. The quantitative estimate of drug-likeness (QED) is 0.493. The molecule has 0 aliphatic rings. The van der Waals surface area contributed by atoms with Gasteiger partial charge in [0.05, 0.1) is 9.35 Å². The van der Waals surface area contributed by atoms with E-state index in [1.807, 2.05) is 42.5 Å². The fourth-order valence-electron chi connectivity index (χ4n) is 2.43. The minimum atomic E-state index is -1.18. The summed E-state index contributed by atoms with van der Waals surface area (Å²) in [5, 5.41) is 18.2. The molecule has 1 aromatic heterocycles. The molecule has 0 aliphatic carbocycles. The van der Waals surface area contributed by atoms with E-state index in [0.717, 1.165) is 22.5 Å². The van der Waals surface area contributed by atoms with Crippen molar-refractivity contribution >= 4 is 39.2 Å². The standard InChI is InChI=1S/C20H15BrO6S/c21-16-17(27-11-15(22)23)19(20(24)25)28-18(16)13-6-8-14(9-7-13)26-10-12-4-2-1-3-5-12/h1-9H,10-11H2,(H,22,23)(H,24,25). The Hall–Kier alpha value is -2.84. The third-order valence-electron chi connectivity index (χ3n) is 3.71. The Morgan fingerprint density at radius 3 is 2.25 bits per heavy atom. The second-order valence-corrected chi connectivity index (χ2v) is 7.50. The van der Waals surface area contributed by atoms with Gasteiger partial charge < -0.3 is 19.7 Å². The zero-order valence-corrected chi connectivity index (χ0v) is 16.8. The van der Waals surface area contributed by atoms with Crippen molar-refractivity contribution in [3.8, 4) is 21.9 Å². The van der Waals surface area contributed by atoms with E-state index >= 15 is 0 Å². The van der Waals surface area contributed by atoms with Crippen LogP contribution in [0.1, 0.15) is 15.2 Å². The predicted molar refractivity (Wildman–Crippen MR) is 108 cm³/mol. The lowest BCUT2D eigenvalue weighted by atomic mass is 10.2. The summed E-state index contributed by atoms with van der Waals surface area (Å²) in [4.78, 5) is 22.8. The zero-order chi connectivity index (χ0) is 20.1. The molecule has 3 aromatic rings. The molecule has 3 rings (SSSR count). The fraction of sp³-hybridized carbons (Fsp3) is 0.100. The van der Waals surface area contributed by atoms with Crippen molar-refractivity contribution in [1.82, 2.24) is 0 Å². The molecule has 0 atom stereocenters. The van der Waals surface area contributed by atoms with Gasteiger partial charge in [0.1, 0.15) is 12.4 Å². The number of halogens is 1. The summed E-state index contributed by atoms with van der Waals surface area (Å²) in [5.74, 6) is -1.67. The molecule has 6 nitrogen and oxygen atoms in total. The third-order valence-corrected chi connectivity index (χ3v) is 5.94. The average Bonchev–Trinajstić information content (AvgIpc) is 3.02. The second kappa shape index (κ2) is 8.90. The molecule has 0 amide bonds. The minimum absolute atomic E-state index is 0.0132. The Balaban J connectivity index is 1.80. The number of carboxylic acid groups (broad SMARTS) is 2. The van der Waals surface area contributed by atoms with Gasteiger partial charge >= 0.3 is 11.9 Å². The van der Waals surface area contributed by atoms with E-state index in [-0.39, 0.29) is 10.6 Å². The van der Waals surface area contributed by atoms with Crippen molar-refractivity contribution in [3.05, 3.63) is 69.5 Å². The second-order valence-electron chi connectivity index (χ2n) is 5.69. The smallest absolute Gasteiger partial charge is 0.349 e. The van der Waals surface area contributed by atoms with Crippen LogP contribution in [0.5, 0.6) is 11.5 Å². The van der Waals surface area contributed by atoms with Crippen LogP contribution in [-0.2, 0) is 11.4 Å². The van der Waals surface area contributed by atoms with E-state index in [4.69, 9.17) is 14.6 Å². The molecule has 0 saturated carbocycles. The highest BCUT2D eigenvalue weighted by molar-refractivity contribution is 9.10. The maximum Gasteiger partial charge on any atom is 0.349 e. The van der Waals surface area contributed by atoms with Crippen molar-refractivity contribution in [2.45, 2.75) is 6.61 Å². The molecule has 2 N–H and O–H groups in total. The van der Waals surface area contributed by atoms with Crippen LogP contribution >= 0.6 is 27.3 Å². The molecule has 1 heterocycles. The van der Waals surface area contributed by atoms with E-state index in [2.05, 4.69) is 15.9 Å². The topological polar surface area (TPSA) is 93.1 Å². The molecule has 144 valence electrons. The van der Waals surface area contributed by atoms with Crippen LogP contribution in [-0.4, -0.2) is 28.8 Å². The van der Waals surface area contributed by atoms with Crippen molar-refractivity contribution in [3.63, 3.8) is 0 Å². The van der Waals surface area contributed by atoms with Crippen LogP contribution in [0.2, 0.25) is 0 Å². The normalized spacial score (nSPS) is 10.5. The molecule has 28 heavy (non-hydrogen) atoms. The minimum Gasteiger partial charge on any atom is -0.489 e. The summed E-state index contributed by atoms with van der Waals surface area (Å²) in [7, 11) is 0. The van der Waals surface area contributed by atoms with Gasteiger partial charge in [-0.1, -0.05) is 30.3 Å².